The molecule has 2 rings (SSSR count). The maximum absolute atomic E-state index is 13.5. The number of carbonyl (C=O) groups excluding carboxylic acids is 1. The van der Waals surface area contributed by atoms with E-state index in [1.54, 1.807) is 0 Å². The average Bonchev–Trinajstić information content (AvgIpc) is 2.36. The van der Waals surface area contributed by atoms with Gasteiger partial charge < -0.3 is 5.32 Å². The van der Waals surface area contributed by atoms with E-state index in [4.69, 9.17) is 11.6 Å². The van der Waals surface area contributed by atoms with Crippen molar-refractivity contribution in [3.05, 3.63) is 57.3 Å². The van der Waals surface area contributed by atoms with Crippen LogP contribution in [0.2, 0.25) is 5.02 Å². The first-order valence-corrected chi connectivity index (χ1v) is 6.22. The number of nitrogens with zero attached hydrogens (tertiary/aromatic N) is 1. The molecule has 1 N–H and O–H groups in total. The number of rotatable bonds is 2. The van der Waals surface area contributed by atoms with E-state index in [-0.39, 0.29) is 15.9 Å². The van der Waals surface area contributed by atoms with Gasteiger partial charge >= 0.3 is 0 Å². The van der Waals surface area contributed by atoms with Gasteiger partial charge in [-0.1, -0.05) is 11.6 Å². The summed E-state index contributed by atoms with van der Waals surface area (Å²) in [7, 11) is 0. The van der Waals surface area contributed by atoms with Crippen LogP contribution in [0.25, 0.3) is 0 Å². The van der Waals surface area contributed by atoms with Crippen molar-refractivity contribution in [1.82, 2.24) is 4.98 Å². The Hall–Kier alpha value is -1.53. The number of aromatic nitrogens is 1. The lowest BCUT2D eigenvalue weighted by Gasteiger charge is -2.07. The predicted octanol–water partition coefficient (Wildman–Crippen LogP) is 4.03. The Labute approximate surface area is 120 Å². The van der Waals surface area contributed by atoms with Crippen LogP contribution in [0.1, 0.15) is 10.5 Å². The standard InChI is InChI=1S/C12H6BrClF2N2O/c13-7-3-9(16)11(4-8(7)15)18-12(19)10-2-1-6(14)5-17-10/h1-5H,(H,18,19). The van der Waals surface area contributed by atoms with Gasteiger partial charge in [0.2, 0.25) is 0 Å². The number of halogens is 4. The van der Waals surface area contributed by atoms with Gasteiger partial charge in [0.25, 0.3) is 5.91 Å². The number of pyridine rings is 1. The molecule has 0 aliphatic heterocycles. The summed E-state index contributed by atoms with van der Waals surface area (Å²) in [6.07, 6.45) is 1.29. The molecule has 3 nitrogen and oxygen atoms in total. The molecule has 0 spiro atoms. The van der Waals surface area contributed by atoms with Crippen molar-refractivity contribution in [3.8, 4) is 0 Å². The minimum Gasteiger partial charge on any atom is -0.318 e. The van der Waals surface area contributed by atoms with Crippen molar-refractivity contribution in [2.24, 2.45) is 0 Å². The van der Waals surface area contributed by atoms with Crippen molar-refractivity contribution in [2.75, 3.05) is 5.32 Å². The molecule has 0 fully saturated rings. The van der Waals surface area contributed by atoms with Crippen molar-refractivity contribution in [1.29, 1.82) is 0 Å². The Morgan fingerprint density at radius 2 is 2.00 bits per heavy atom. The zero-order chi connectivity index (χ0) is 14.0. The molecule has 0 unspecified atom stereocenters. The van der Waals surface area contributed by atoms with Gasteiger partial charge in [0.05, 0.1) is 15.2 Å². The first-order valence-electron chi connectivity index (χ1n) is 5.05. The molecule has 1 aromatic carbocycles. The van der Waals surface area contributed by atoms with Crippen LogP contribution in [-0.4, -0.2) is 10.9 Å². The maximum atomic E-state index is 13.5. The second-order valence-electron chi connectivity index (χ2n) is 3.56. The molecule has 0 saturated carbocycles. The van der Waals surface area contributed by atoms with E-state index >= 15 is 0 Å². The fourth-order valence-electron chi connectivity index (χ4n) is 1.31. The van der Waals surface area contributed by atoms with Gasteiger partial charge in [0.1, 0.15) is 17.3 Å². The maximum Gasteiger partial charge on any atom is 0.274 e. The summed E-state index contributed by atoms with van der Waals surface area (Å²) < 4.78 is 26.8. The van der Waals surface area contributed by atoms with E-state index in [1.807, 2.05) is 0 Å². The third kappa shape index (κ3) is 3.27. The summed E-state index contributed by atoms with van der Waals surface area (Å²) in [5, 5.41) is 2.61. The molecule has 98 valence electrons. The first kappa shape index (κ1) is 13.9. The summed E-state index contributed by atoms with van der Waals surface area (Å²) in [5.41, 5.74) is -0.213. The Kier molecular flexibility index (Phi) is 4.11. The third-order valence-electron chi connectivity index (χ3n) is 2.22. The van der Waals surface area contributed by atoms with Crippen molar-refractivity contribution in [3.63, 3.8) is 0 Å². The van der Waals surface area contributed by atoms with E-state index in [2.05, 4.69) is 26.2 Å². The molecule has 0 atom stereocenters. The number of anilines is 1. The smallest absolute Gasteiger partial charge is 0.274 e. The molecule has 7 heteroatoms. The van der Waals surface area contributed by atoms with Crippen LogP contribution in [0.5, 0.6) is 0 Å². The molecule has 1 aromatic heterocycles. The van der Waals surface area contributed by atoms with Crippen molar-refractivity contribution in [2.45, 2.75) is 0 Å². The molecule has 1 heterocycles. The second kappa shape index (κ2) is 5.63. The highest BCUT2D eigenvalue weighted by Gasteiger charge is 2.13. The molecule has 19 heavy (non-hydrogen) atoms. The van der Waals surface area contributed by atoms with Crippen molar-refractivity contribution < 1.29 is 13.6 Å². The van der Waals surface area contributed by atoms with Gasteiger partial charge in [-0.05, 0) is 34.1 Å². The largest absolute Gasteiger partial charge is 0.318 e. The molecular formula is C12H6BrClF2N2O. The molecule has 0 aliphatic rings. The van der Waals surface area contributed by atoms with Crippen LogP contribution in [-0.2, 0) is 0 Å². The minimum atomic E-state index is -0.754. The minimum absolute atomic E-state index is 0.0207. The Morgan fingerprint density at radius 1 is 1.26 bits per heavy atom. The Bertz CT molecular complexity index is 634. The van der Waals surface area contributed by atoms with E-state index in [1.165, 1.54) is 18.3 Å². The van der Waals surface area contributed by atoms with Crippen molar-refractivity contribution >= 4 is 39.1 Å². The number of benzene rings is 1. The zero-order valence-corrected chi connectivity index (χ0v) is 11.6. The summed E-state index contributed by atoms with van der Waals surface area (Å²) in [4.78, 5) is 15.5. The van der Waals surface area contributed by atoms with E-state index in [0.717, 1.165) is 12.1 Å². The van der Waals surface area contributed by atoms with Gasteiger partial charge in [-0.3, -0.25) is 4.79 Å². The SMILES string of the molecule is O=C(Nc1cc(F)c(Br)cc1F)c1ccc(Cl)cn1. The van der Waals surface area contributed by atoms with Crippen LogP contribution >= 0.6 is 27.5 Å². The number of carbonyl (C=O) groups is 1. The number of amides is 1. The molecule has 0 aliphatic carbocycles. The fourth-order valence-corrected chi connectivity index (χ4v) is 1.74. The highest BCUT2D eigenvalue weighted by atomic mass is 79.9. The molecule has 0 bridgehead atoms. The molecular weight excluding hydrogens is 341 g/mol. The zero-order valence-electron chi connectivity index (χ0n) is 9.25. The van der Waals surface area contributed by atoms with Gasteiger partial charge in [0.15, 0.2) is 0 Å². The third-order valence-corrected chi connectivity index (χ3v) is 3.05. The van der Waals surface area contributed by atoms with E-state index in [9.17, 15) is 13.6 Å². The van der Waals surface area contributed by atoms with Gasteiger partial charge in [-0.15, -0.1) is 0 Å². The summed E-state index contributed by atoms with van der Waals surface area (Å²) in [6, 6.07) is 4.67. The predicted molar refractivity (Wildman–Crippen MR) is 71.3 cm³/mol. The van der Waals surface area contributed by atoms with Gasteiger partial charge in [-0.25, -0.2) is 13.8 Å². The normalized spacial score (nSPS) is 10.3. The summed E-state index contributed by atoms with van der Waals surface area (Å²) in [6.45, 7) is 0. The number of hydrogen-bond acceptors (Lipinski definition) is 2. The van der Waals surface area contributed by atoms with Gasteiger partial charge in [0, 0.05) is 12.3 Å². The number of nitrogens with one attached hydrogen (secondary N) is 1. The van der Waals surface area contributed by atoms with Crippen LogP contribution in [0.4, 0.5) is 14.5 Å². The van der Waals surface area contributed by atoms with Crippen LogP contribution < -0.4 is 5.32 Å². The molecule has 2 aromatic rings. The van der Waals surface area contributed by atoms with E-state index in [0.29, 0.717) is 5.02 Å². The quantitative estimate of drug-likeness (QED) is 0.834. The molecule has 1 amide bonds. The first-order chi connectivity index (χ1) is 8.97. The Morgan fingerprint density at radius 3 is 2.63 bits per heavy atom. The summed E-state index contributed by atoms with van der Waals surface area (Å²) >= 11 is 8.48. The lowest BCUT2D eigenvalue weighted by molar-refractivity contribution is 0.102. The monoisotopic (exact) mass is 346 g/mol. The lowest BCUT2D eigenvalue weighted by Crippen LogP contribution is -2.14. The topological polar surface area (TPSA) is 42.0 Å². The molecule has 0 radical (unpaired) electrons. The van der Waals surface area contributed by atoms with E-state index < -0.39 is 17.5 Å². The van der Waals surface area contributed by atoms with Crippen LogP contribution in [0.3, 0.4) is 0 Å². The summed E-state index contributed by atoms with van der Waals surface area (Å²) in [5.74, 6) is -2.09. The van der Waals surface area contributed by atoms with Crippen LogP contribution in [0.15, 0.2) is 34.9 Å². The average molecular weight is 348 g/mol. The second-order valence-corrected chi connectivity index (χ2v) is 4.85. The lowest BCUT2D eigenvalue weighted by atomic mass is 10.2. The highest BCUT2D eigenvalue weighted by molar-refractivity contribution is 9.10. The number of hydrogen-bond donors (Lipinski definition) is 1. The van der Waals surface area contributed by atoms with Gasteiger partial charge in [-0.2, -0.15) is 0 Å². The fraction of sp³-hybridized carbons (Fsp3) is 0. The Balaban J connectivity index is 2.24. The van der Waals surface area contributed by atoms with Crippen LogP contribution in [0, 0.1) is 11.6 Å². The molecule has 0 saturated heterocycles. The highest BCUT2D eigenvalue weighted by Crippen LogP contribution is 2.23.